The molecular formula is C16H11NO5S2-2. The van der Waals surface area contributed by atoms with Gasteiger partial charge in [0.05, 0.1) is 16.9 Å². The molecule has 0 aromatic heterocycles. The van der Waals surface area contributed by atoms with E-state index in [-0.39, 0.29) is 9.23 Å². The van der Waals surface area contributed by atoms with Gasteiger partial charge in [-0.25, -0.2) is 0 Å². The Morgan fingerprint density at radius 2 is 1.92 bits per heavy atom. The summed E-state index contributed by atoms with van der Waals surface area (Å²) < 4.78 is -0.0326. The number of carboxylic acids is 2. The van der Waals surface area contributed by atoms with Crippen molar-refractivity contribution in [2.45, 2.75) is 12.5 Å². The number of carbonyl (C=O) groups is 3. The fourth-order valence-electron chi connectivity index (χ4n) is 2.01. The van der Waals surface area contributed by atoms with Crippen LogP contribution < -0.4 is 10.2 Å². The van der Waals surface area contributed by atoms with Gasteiger partial charge in [0.15, 0.2) is 0 Å². The molecule has 0 bridgehead atoms. The Morgan fingerprint density at radius 1 is 1.25 bits per heavy atom. The molecule has 0 spiro atoms. The van der Waals surface area contributed by atoms with E-state index >= 15 is 0 Å². The molecule has 8 heteroatoms. The lowest BCUT2D eigenvalue weighted by molar-refractivity contribution is -0.319. The lowest BCUT2D eigenvalue weighted by atomic mass is 10.2. The van der Waals surface area contributed by atoms with E-state index in [1.807, 2.05) is 30.3 Å². The van der Waals surface area contributed by atoms with E-state index in [9.17, 15) is 24.6 Å². The Bertz CT molecular complexity index is 742. The van der Waals surface area contributed by atoms with Crippen LogP contribution in [0.25, 0.3) is 6.08 Å². The third-order valence-corrected chi connectivity index (χ3v) is 4.45. The van der Waals surface area contributed by atoms with Crippen LogP contribution in [0.1, 0.15) is 12.0 Å². The second-order valence-electron chi connectivity index (χ2n) is 4.75. The summed E-state index contributed by atoms with van der Waals surface area (Å²) in [5.74, 6) is -3.97. The molecule has 24 heavy (non-hydrogen) atoms. The van der Waals surface area contributed by atoms with E-state index in [1.165, 1.54) is 6.08 Å². The van der Waals surface area contributed by atoms with Crippen LogP contribution in [0.4, 0.5) is 0 Å². The molecule has 1 fully saturated rings. The molecule has 1 atom stereocenters. The van der Waals surface area contributed by atoms with Crippen molar-refractivity contribution in [2.75, 3.05) is 0 Å². The number of rotatable bonds is 6. The summed E-state index contributed by atoms with van der Waals surface area (Å²) in [6.45, 7) is 0. The highest BCUT2D eigenvalue weighted by Crippen LogP contribution is 2.33. The molecule has 1 heterocycles. The smallest absolute Gasteiger partial charge is 0.266 e. The molecule has 1 aromatic rings. The molecule has 0 saturated carbocycles. The summed E-state index contributed by atoms with van der Waals surface area (Å²) in [6.07, 6.45) is 4.01. The lowest BCUT2D eigenvalue weighted by Crippen LogP contribution is -2.52. The van der Waals surface area contributed by atoms with Gasteiger partial charge in [-0.3, -0.25) is 9.69 Å². The van der Waals surface area contributed by atoms with E-state index in [0.29, 0.717) is 0 Å². The molecule has 124 valence electrons. The minimum atomic E-state index is -1.70. The van der Waals surface area contributed by atoms with Crippen LogP contribution in [-0.4, -0.2) is 33.1 Å². The normalized spacial score (nSPS) is 17.7. The first-order chi connectivity index (χ1) is 11.4. The van der Waals surface area contributed by atoms with Crippen LogP contribution in [0.15, 0.2) is 47.4 Å². The van der Waals surface area contributed by atoms with Crippen LogP contribution >= 0.6 is 24.0 Å². The molecule has 2 rings (SSSR count). The van der Waals surface area contributed by atoms with E-state index in [1.54, 1.807) is 12.2 Å². The quantitative estimate of drug-likeness (QED) is 0.507. The average molecular weight is 361 g/mol. The average Bonchev–Trinajstić information content (AvgIpc) is 2.80. The minimum absolute atomic E-state index is 0.0326. The van der Waals surface area contributed by atoms with Gasteiger partial charge in [-0.15, -0.1) is 0 Å². The van der Waals surface area contributed by atoms with Crippen molar-refractivity contribution in [2.24, 2.45) is 0 Å². The number of amides is 1. The van der Waals surface area contributed by atoms with Crippen LogP contribution in [0.3, 0.4) is 0 Å². The molecule has 0 aliphatic carbocycles. The van der Waals surface area contributed by atoms with Crippen molar-refractivity contribution < 1.29 is 24.6 Å². The Balaban J connectivity index is 2.18. The first-order valence-corrected chi connectivity index (χ1v) is 8.02. The number of benzene rings is 1. The maximum Gasteiger partial charge on any atom is 0.266 e. The Hall–Kier alpha value is -2.45. The molecule has 1 saturated heterocycles. The zero-order valence-electron chi connectivity index (χ0n) is 12.2. The second kappa shape index (κ2) is 7.89. The summed E-state index contributed by atoms with van der Waals surface area (Å²) in [5, 5.41) is 21.8. The van der Waals surface area contributed by atoms with Gasteiger partial charge < -0.3 is 19.8 Å². The number of hydrogen-bond donors (Lipinski definition) is 0. The molecule has 1 aliphatic heterocycles. The number of thiocarbonyl (C=S) groups is 1. The monoisotopic (exact) mass is 361 g/mol. The highest BCUT2D eigenvalue weighted by molar-refractivity contribution is 8.26. The highest BCUT2D eigenvalue weighted by Gasteiger charge is 2.37. The molecule has 1 aliphatic rings. The zero-order chi connectivity index (χ0) is 17.7. The molecular weight excluding hydrogens is 350 g/mol. The zero-order valence-corrected chi connectivity index (χ0v) is 13.8. The van der Waals surface area contributed by atoms with Crippen molar-refractivity contribution in [1.82, 2.24) is 4.90 Å². The number of hydrogen-bond acceptors (Lipinski definition) is 7. The molecule has 1 aromatic carbocycles. The maximum atomic E-state index is 12.3. The van der Waals surface area contributed by atoms with E-state index in [4.69, 9.17) is 12.2 Å². The lowest BCUT2D eigenvalue weighted by Gasteiger charge is -2.27. The number of nitrogens with zero attached hydrogens (tertiary/aromatic N) is 1. The van der Waals surface area contributed by atoms with Crippen molar-refractivity contribution in [3.63, 3.8) is 0 Å². The van der Waals surface area contributed by atoms with Gasteiger partial charge in [-0.2, -0.15) is 0 Å². The minimum Gasteiger partial charge on any atom is -0.550 e. The number of thioether (sulfide) groups is 1. The van der Waals surface area contributed by atoms with Crippen molar-refractivity contribution in [3.8, 4) is 0 Å². The van der Waals surface area contributed by atoms with Crippen LogP contribution in [0, 0.1) is 0 Å². The second-order valence-corrected chi connectivity index (χ2v) is 6.43. The van der Waals surface area contributed by atoms with Crippen LogP contribution in [0.5, 0.6) is 0 Å². The van der Waals surface area contributed by atoms with Crippen LogP contribution in [-0.2, 0) is 14.4 Å². The van der Waals surface area contributed by atoms with Gasteiger partial charge in [-0.1, -0.05) is 66.5 Å². The fraction of sp³-hybridized carbons (Fsp3) is 0.125. The third kappa shape index (κ3) is 4.30. The van der Waals surface area contributed by atoms with E-state index in [2.05, 4.69) is 0 Å². The third-order valence-electron chi connectivity index (χ3n) is 3.10. The first kappa shape index (κ1) is 17.9. The van der Waals surface area contributed by atoms with Crippen molar-refractivity contribution in [1.29, 1.82) is 0 Å². The Morgan fingerprint density at radius 3 is 2.50 bits per heavy atom. The van der Waals surface area contributed by atoms with Crippen molar-refractivity contribution in [3.05, 3.63) is 53.0 Å². The summed E-state index contributed by atoms with van der Waals surface area (Å²) in [4.78, 5) is 35.0. The summed E-state index contributed by atoms with van der Waals surface area (Å²) in [6, 6.07) is 7.67. The van der Waals surface area contributed by atoms with Gasteiger partial charge in [-0.05, 0) is 11.6 Å². The van der Waals surface area contributed by atoms with Gasteiger partial charge in [0.25, 0.3) is 5.91 Å². The van der Waals surface area contributed by atoms with Gasteiger partial charge in [0.1, 0.15) is 4.32 Å². The van der Waals surface area contributed by atoms with Crippen LogP contribution in [0.2, 0.25) is 0 Å². The summed E-state index contributed by atoms with van der Waals surface area (Å²) in [7, 11) is 0. The van der Waals surface area contributed by atoms with E-state index < -0.39 is 30.3 Å². The van der Waals surface area contributed by atoms with Crippen molar-refractivity contribution >= 4 is 52.2 Å². The fourth-order valence-corrected chi connectivity index (χ4v) is 3.32. The molecule has 0 radical (unpaired) electrons. The molecule has 0 N–H and O–H groups in total. The summed E-state index contributed by atoms with van der Waals surface area (Å²) >= 11 is 5.89. The Labute approximate surface area is 147 Å². The number of aliphatic carboxylic acids is 2. The van der Waals surface area contributed by atoms with Gasteiger partial charge in [0.2, 0.25) is 0 Å². The van der Waals surface area contributed by atoms with Gasteiger partial charge in [0, 0.05) is 12.4 Å². The van der Waals surface area contributed by atoms with Gasteiger partial charge >= 0.3 is 0 Å². The predicted octanol–water partition coefficient (Wildman–Crippen LogP) is -0.297. The standard InChI is InChI=1S/C16H13NO5S2/c18-13(19)9-11(15(21)22)17-14(20)12(24-16(17)23)8-4-7-10-5-2-1-3-6-10/h1-8,11H,9H2,(H,18,19)(H,21,22)/p-2/b7-4+,12-8+/t11-/m1/s1. The summed E-state index contributed by atoms with van der Waals surface area (Å²) in [5.41, 5.74) is 0.925. The maximum absolute atomic E-state index is 12.3. The van der Waals surface area contributed by atoms with E-state index in [0.717, 1.165) is 22.2 Å². The highest BCUT2D eigenvalue weighted by atomic mass is 32.2. The number of carbonyl (C=O) groups excluding carboxylic acids is 3. The largest absolute Gasteiger partial charge is 0.550 e. The SMILES string of the molecule is O=C([O-])C[C@H](C(=O)[O-])N1C(=O)/C(=C\C=C\c2ccccc2)SC1=S. The predicted molar refractivity (Wildman–Crippen MR) is 89.0 cm³/mol. The molecule has 0 unspecified atom stereocenters. The topological polar surface area (TPSA) is 101 Å². The number of allylic oxidation sites excluding steroid dienone is 2. The first-order valence-electron chi connectivity index (χ1n) is 6.79. The molecule has 1 amide bonds. The molecule has 6 nitrogen and oxygen atoms in total. The number of carboxylic acid groups (broad SMARTS) is 2. The Kier molecular flexibility index (Phi) is 5.88.